The van der Waals surface area contributed by atoms with E-state index in [0.29, 0.717) is 23.8 Å². The first-order valence-electron chi connectivity index (χ1n) is 7.35. The maximum absolute atomic E-state index is 10.9. The third-order valence-corrected chi connectivity index (χ3v) is 4.05. The average molecular weight is 280 g/mol. The molecule has 0 bridgehead atoms. The Morgan fingerprint density at radius 3 is 2.75 bits per heavy atom. The van der Waals surface area contributed by atoms with Crippen LogP contribution < -0.4 is 5.32 Å². The topological polar surface area (TPSA) is 65.7 Å². The van der Waals surface area contributed by atoms with Gasteiger partial charge in [-0.25, -0.2) is 4.79 Å². The Labute approximate surface area is 119 Å². The van der Waals surface area contributed by atoms with Crippen LogP contribution in [0.1, 0.15) is 41.6 Å². The Bertz CT molecular complexity index is 448. The Morgan fingerprint density at radius 2 is 2.20 bits per heavy atom. The fourth-order valence-electron chi connectivity index (χ4n) is 2.75. The lowest BCUT2D eigenvalue weighted by atomic mass is 9.97. The van der Waals surface area contributed by atoms with Crippen LogP contribution in [0.5, 0.6) is 0 Å². The number of nitrogens with one attached hydrogen (secondary N) is 1. The number of hydrogen-bond donors (Lipinski definition) is 2. The van der Waals surface area contributed by atoms with E-state index in [0.717, 1.165) is 13.1 Å². The molecule has 1 aromatic rings. The summed E-state index contributed by atoms with van der Waals surface area (Å²) in [5, 5.41) is 12.3. The van der Waals surface area contributed by atoms with Crippen LogP contribution in [0.25, 0.3) is 0 Å². The lowest BCUT2D eigenvalue weighted by Gasteiger charge is -2.31. The molecule has 5 nitrogen and oxygen atoms in total. The normalized spacial score (nSPS) is 17.5. The number of likely N-dealkylation sites (tertiary alicyclic amines) is 1. The maximum atomic E-state index is 10.9. The summed E-state index contributed by atoms with van der Waals surface area (Å²) in [6.07, 6.45) is 2.47. The van der Waals surface area contributed by atoms with Crippen molar-refractivity contribution in [1.29, 1.82) is 0 Å². The summed E-state index contributed by atoms with van der Waals surface area (Å²) in [5.74, 6) is 0.470. The highest BCUT2D eigenvalue weighted by molar-refractivity contribution is 5.86. The Hall–Kier alpha value is -1.33. The smallest absolute Gasteiger partial charge is 0.372 e. The van der Waals surface area contributed by atoms with E-state index in [1.54, 1.807) is 13.0 Å². The monoisotopic (exact) mass is 280 g/mol. The van der Waals surface area contributed by atoms with Crippen molar-refractivity contribution < 1.29 is 14.3 Å². The molecule has 1 aromatic heterocycles. The number of nitrogens with zero attached hydrogens (tertiary/aromatic N) is 1. The van der Waals surface area contributed by atoms with Gasteiger partial charge < -0.3 is 19.7 Å². The third-order valence-electron chi connectivity index (χ3n) is 4.05. The number of hydrogen-bond acceptors (Lipinski definition) is 4. The summed E-state index contributed by atoms with van der Waals surface area (Å²) >= 11 is 0. The summed E-state index contributed by atoms with van der Waals surface area (Å²) in [6.45, 7) is 9.05. The molecule has 0 spiro atoms. The van der Waals surface area contributed by atoms with Gasteiger partial charge in [0.05, 0.1) is 6.54 Å². The number of aryl methyl sites for hydroxylation is 1. The second kappa shape index (κ2) is 6.90. The quantitative estimate of drug-likeness (QED) is 0.835. The van der Waals surface area contributed by atoms with E-state index < -0.39 is 5.97 Å². The molecule has 1 saturated heterocycles. The predicted molar refractivity (Wildman–Crippen MR) is 76.9 cm³/mol. The zero-order valence-electron chi connectivity index (χ0n) is 12.3. The molecular formula is C15H24N2O3. The number of carboxylic acids is 1. The number of rotatable bonds is 6. The summed E-state index contributed by atoms with van der Waals surface area (Å²) in [4.78, 5) is 13.4. The van der Waals surface area contributed by atoms with Crippen LogP contribution in [0.3, 0.4) is 0 Å². The highest BCUT2D eigenvalue weighted by Crippen LogP contribution is 2.17. The molecular weight excluding hydrogens is 256 g/mol. The molecule has 2 N–H and O–H groups in total. The summed E-state index contributed by atoms with van der Waals surface area (Å²) < 4.78 is 5.33. The van der Waals surface area contributed by atoms with E-state index in [9.17, 15) is 4.79 Å². The number of furan rings is 1. The fourth-order valence-corrected chi connectivity index (χ4v) is 2.75. The van der Waals surface area contributed by atoms with E-state index in [-0.39, 0.29) is 5.76 Å². The Morgan fingerprint density at radius 1 is 1.50 bits per heavy atom. The lowest BCUT2D eigenvalue weighted by Crippen LogP contribution is -2.36. The molecule has 1 aliphatic heterocycles. The van der Waals surface area contributed by atoms with E-state index in [1.807, 2.05) is 0 Å². The van der Waals surface area contributed by atoms with Crippen LogP contribution in [0.4, 0.5) is 0 Å². The minimum Gasteiger partial charge on any atom is -0.475 e. The van der Waals surface area contributed by atoms with Crippen molar-refractivity contribution >= 4 is 5.97 Å². The summed E-state index contributed by atoms with van der Waals surface area (Å²) in [6, 6.07) is 1.80. The van der Waals surface area contributed by atoms with E-state index in [1.165, 1.54) is 25.9 Å². The molecule has 1 fully saturated rings. The average Bonchev–Trinajstić information content (AvgIpc) is 2.81. The molecule has 0 saturated carbocycles. The molecule has 0 aliphatic carbocycles. The summed E-state index contributed by atoms with van der Waals surface area (Å²) in [7, 11) is 0. The van der Waals surface area contributed by atoms with Gasteiger partial charge in [-0.15, -0.1) is 0 Å². The lowest BCUT2D eigenvalue weighted by molar-refractivity contribution is 0.0659. The van der Waals surface area contributed by atoms with Gasteiger partial charge in [-0.3, -0.25) is 0 Å². The van der Waals surface area contributed by atoms with Gasteiger partial charge in [-0.2, -0.15) is 0 Å². The number of aromatic carboxylic acids is 1. The first-order chi connectivity index (χ1) is 9.60. The van der Waals surface area contributed by atoms with Crippen molar-refractivity contribution in [1.82, 2.24) is 10.2 Å². The molecule has 0 unspecified atom stereocenters. The molecule has 0 atom stereocenters. The van der Waals surface area contributed by atoms with Crippen molar-refractivity contribution in [2.75, 3.05) is 26.2 Å². The fraction of sp³-hybridized carbons (Fsp3) is 0.667. The molecule has 0 radical (unpaired) electrons. The minimum absolute atomic E-state index is 0.0538. The highest BCUT2D eigenvalue weighted by Gasteiger charge is 2.18. The van der Waals surface area contributed by atoms with Crippen LogP contribution in [0, 0.1) is 12.8 Å². The molecule has 2 heterocycles. The number of carboxylic acid groups (broad SMARTS) is 1. The standard InChI is InChI=1S/C15H24N2O3/c1-3-17-6-4-12(5-7-17)9-16-10-13-8-11(2)14(20-13)15(18)19/h8,12,16H,3-7,9-10H2,1-2H3,(H,18,19). The van der Waals surface area contributed by atoms with Crippen LogP contribution in [0.2, 0.25) is 0 Å². The third kappa shape index (κ3) is 3.84. The minimum atomic E-state index is -0.999. The van der Waals surface area contributed by atoms with E-state index in [2.05, 4.69) is 17.1 Å². The predicted octanol–water partition coefficient (Wildman–Crippen LogP) is 2.11. The zero-order chi connectivity index (χ0) is 14.5. The molecule has 2 rings (SSSR count). The number of carbonyl (C=O) groups is 1. The maximum Gasteiger partial charge on any atom is 0.372 e. The van der Waals surface area contributed by atoms with Crippen molar-refractivity contribution in [3.05, 3.63) is 23.2 Å². The van der Waals surface area contributed by atoms with Gasteiger partial charge in [-0.05, 0) is 57.9 Å². The molecule has 5 heteroatoms. The second-order valence-electron chi connectivity index (χ2n) is 5.54. The SMILES string of the molecule is CCN1CCC(CNCc2cc(C)c(C(=O)O)o2)CC1. The van der Waals surface area contributed by atoms with Crippen LogP contribution in [-0.4, -0.2) is 42.2 Å². The van der Waals surface area contributed by atoms with Crippen LogP contribution >= 0.6 is 0 Å². The first kappa shape index (κ1) is 15.1. The van der Waals surface area contributed by atoms with Crippen molar-refractivity contribution in [3.63, 3.8) is 0 Å². The van der Waals surface area contributed by atoms with Gasteiger partial charge in [0, 0.05) is 5.56 Å². The Balaban J connectivity index is 1.73. The van der Waals surface area contributed by atoms with E-state index >= 15 is 0 Å². The van der Waals surface area contributed by atoms with Gasteiger partial charge in [0.2, 0.25) is 5.76 Å². The zero-order valence-corrected chi connectivity index (χ0v) is 12.3. The molecule has 1 aliphatic rings. The molecule has 20 heavy (non-hydrogen) atoms. The first-order valence-corrected chi connectivity index (χ1v) is 7.35. The second-order valence-corrected chi connectivity index (χ2v) is 5.54. The number of piperidine rings is 1. The molecule has 0 aromatic carbocycles. The van der Waals surface area contributed by atoms with Gasteiger partial charge >= 0.3 is 5.97 Å². The largest absolute Gasteiger partial charge is 0.475 e. The summed E-state index contributed by atoms with van der Waals surface area (Å²) in [5.41, 5.74) is 0.686. The molecule has 112 valence electrons. The van der Waals surface area contributed by atoms with Gasteiger partial charge in [0.15, 0.2) is 0 Å². The van der Waals surface area contributed by atoms with Crippen molar-refractivity contribution in [3.8, 4) is 0 Å². The van der Waals surface area contributed by atoms with E-state index in [4.69, 9.17) is 9.52 Å². The van der Waals surface area contributed by atoms with Gasteiger partial charge in [0.25, 0.3) is 0 Å². The van der Waals surface area contributed by atoms with Crippen molar-refractivity contribution in [2.45, 2.75) is 33.2 Å². The molecule has 0 amide bonds. The van der Waals surface area contributed by atoms with Gasteiger partial charge in [-0.1, -0.05) is 6.92 Å². The van der Waals surface area contributed by atoms with Crippen LogP contribution in [-0.2, 0) is 6.54 Å². The highest BCUT2D eigenvalue weighted by atomic mass is 16.4. The van der Waals surface area contributed by atoms with Crippen LogP contribution in [0.15, 0.2) is 10.5 Å². The Kier molecular flexibility index (Phi) is 5.20. The van der Waals surface area contributed by atoms with Gasteiger partial charge in [0.1, 0.15) is 5.76 Å². The van der Waals surface area contributed by atoms with Crippen molar-refractivity contribution in [2.24, 2.45) is 5.92 Å².